The van der Waals surface area contributed by atoms with Crippen molar-refractivity contribution in [1.29, 1.82) is 0 Å². The third kappa shape index (κ3) is 3.50. The summed E-state index contributed by atoms with van der Waals surface area (Å²) in [7, 11) is 0. The van der Waals surface area contributed by atoms with Gasteiger partial charge in [-0.05, 0) is 37.8 Å². The predicted octanol–water partition coefficient (Wildman–Crippen LogP) is 1.99. The van der Waals surface area contributed by atoms with E-state index >= 15 is 0 Å². The molecule has 1 aromatic rings. The minimum Gasteiger partial charge on any atom is -0.347 e. The molecular weight excluding hydrogens is 274 g/mol. The van der Waals surface area contributed by atoms with Crippen molar-refractivity contribution in [2.24, 2.45) is 0 Å². The fraction of sp³-hybridized carbons (Fsp3) is 0.611. The zero-order valence-corrected chi connectivity index (χ0v) is 13.9. The lowest BCUT2D eigenvalue weighted by atomic mass is 10.0. The van der Waals surface area contributed by atoms with E-state index in [-0.39, 0.29) is 11.4 Å². The van der Waals surface area contributed by atoms with Crippen LogP contribution in [0.2, 0.25) is 0 Å². The van der Waals surface area contributed by atoms with Gasteiger partial charge in [0.25, 0.3) is 0 Å². The van der Waals surface area contributed by atoms with Gasteiger partial charge in [0.1, 0.15) is 0 Å². The largest absolute Gasteiger partial charge is 0.347 e. The summed E-state index contributed by atoms with van der Waals surface area (Å²) in [6.45, 7) is 9.29. The number of benzene rings is 1. The fourth-order valence-corrected chi connectivity index (χ4v) is 3.70. The molecule has 120 valence electrons. The minimum absolute atomic E-state index is 0.0605. The highest BCUT2D eigenvalue weighted by Crippen LogP contribution is 2.45. The molecule has 1 amide bonds. The molecule has 1 saturated heterocycles. The van der Waals surface area contributed by atoms with Crippen LogP contribution in [0.3, 0.4) is 0 Å². The van der Waals surface area contributed by atoms with E-state index in [0.29, 0.717) is 12.1 Å². The van der Waals surface area contributed by atoms with Crippen LogP contribution in [-0.4, -0.2) is 36.0 Å². The van der Waals surface area contributed by atoms with Gasteiger partial charge in [0.15, 0.2) is 0 Å². The lowest BCUT2D eigenvalue weighted by Crippen LogP contribution is -2.53. The first-order valence-corrected chi connectivity index (χ1v) is 8.33. The summed E-state index contributed by atoms with van der Waals surface area (Å²) < 4.78 is 0. The molecular formula is C18H27N3O. The van der Waals surface area contributed by atoms with Crippen LogP contribution in [0, 0.1) is 0 Å². The van der Waals surface area contributed by atoms with Crippen LogP contribution in [-0.2, 0) is 16.9 Å². The van der Waals surface area contributed by atoms with E-state index in [1.807, 2.05) is 0 Å². The van der Waals surface area contributed by atoms with Crippen LogP contribution in [0.4, 0.5) is 0 Å². The van der Waals surface area contributed by atoms with Crippen molar-refractivity contribution in [3.63, 3.8) is 0 Å². The zero-order valence-electron chi connectivity index (χ0n) is 13.9. The van der Waals surface area contributed by atoms with Crippen molar-refractivity contribution in [2.75, 3.05) is 13.1 Å². The molecule has 1 saturated carbocycles. The SMILES string of the molecule is CC(=O)NC1(c2ccc(CN3CC(C)NC(C)C3)cc2)CC1. The Kier molecular flexibility index (Phi) is 4.24. The molecule has 1 aromatic carbocycles. The average molecular weight is 301 g/mol. The van der Waals surface area contributed by atoms with E-state index in [1.165, 1.54) is 11.1 Å². The first kappa shape index (κ1) is 15.5. The van der Waals surface area contributed by atoms with Gasteiger partial charge < -0.3 is 10.6 Å². The van der Waals surface area contributed by atoms with Gasteiger partial charge in [0.2, 0.25) is 5.91 Å². The van der Waals surface area contributed by atoms with Crippen molar-refractivity contribution in [3.05, 3.63) is 35.4 Å². The Bertz CT molecular complexity index is 526. The molecule has 1 aliphatic carbocycles. The maximum Gasteiger partial charge on any atom is 0.217 e. The Morgan fingerprint density at radius 1 is 1.23 bits per heavy atom. The second-order valence-electron chi connectivity index (χ2n) is 7.12. The topological polar surface area (TPSA) is 44.4 Å². The summed E-state index contributed by atoms with van der Waals surface area (Å²) in [5, 5.41) is 6.67. The molecule has 3 rings (SSSR count). The van der Waals surface area contributed by atoms with E-state index < -0.39 is 0 Å². The third-order valence-electron chi connectivity index (χ3n) is 4.71. The summed E-state index contributed by atoms with van der Waals surface area (Å²) in [4.78, 5) is 13.9. The summed E-state index contributed by atoms with van der Waals surface area (Å²) in [5.41, 5.74) is 2.51. The zero-order chi connectivity index (χ0) is 15.7. The van der Waals surface area contributed by atoms with Crippen LogP contribution < -0.4 is 10.6 Å². The number of hydrogen-bond acceptors (Lipinski definition) is 3. The summed E-state index contributed by atoms with van der Waals surface area (Å²) in [6, 6.07) is 9.92. The first-order chi connectivity index (χ1) is 10.5. The summed E-state index contributed by atoms with van der Waals surface area (Å²) >= 11 is 0. The number of nitrogens with one attached hydrogen (secondary N) is 2. The maximum atomic E-state index is 11.3. The van der Waals surface area contributed by atoms with Crippen LogP contribution in [0.25, 0.3) is 0 Å². The van der Waals surface area contributed by atoms with Gasteiger partial charge in [-0.1, -0.05) is 24.3 Å². The van der Waals surface area contributed by atoms with Crippen LogP contribution in [0.15, 0.2) is 24.3 Å². The van der Waals surface area contributed by atoms with Crippen molar-refractivity contribution in [1.82, 2.24) is 15.5 Å². The highest BCUT2D eigenvalue weighted by molar-refractivity contribution is 5.74. The minimum atomic E-state index is -0.0809. The number of amides is 1. The van der Waals surface area contributed by atoms with Crippen LogP contribution in [0.5, 0.6) is 0 Å². The third-order valence-corrected chi connectivity index (χ3v) is 4.71. The molecule has 22 heavy (non-hydrogen) atoms. The van der Waals surface area contributed by atoms with Crippen molar-refractivity contribution in [3.8, 4) is 0 Å². The van der Waals surface area contributed by atoms with E-state index in [0.717, 1.165) is 32.5 Å². The molecule has 0 radical (unpaired) electrons. The van der Waals surface area contributed by atoms with Gasteiger partial charge >= 0.3 is 0 Å². The predicted molar refractivity (Wildman–Crippen MR) is 88.5 cm³/mol. The number of piperazine rings is 1. The molecule has 1 aliphatic heterocycles. The fourth-order valence-electron chi connectivity index (χ4n) is 3.70. The average Bonchev–Trinajstić information content (AvgIpc) is 3.18. The standard InChI is InChI=1S/C18H27N3O/c1-13-10-21(11-14(2)19-13)12-16-4-6-17(7-5-16)18(8-9-18)20-15(3)22/h4-7,13-14,19H,8-12H2,1-3H3,(H,20,22). The number of nitrogens with zero attached hydrogens (tertiary/aromatic N) is 1. The van der Waals surface area contributed by atoms with Crippen molar-refractivity contribution in [2.45, 2.75) is 57.8 Å². The second-order valence-corrected chi connectivity index (χ2v) is 7.12. The van der Waals surface area contributed by atoms with E-state index in [9.17, 15) is 4.79 Å². The Morgan fingerprint density at radius 3 is 2.32 bits per heavy atom. The van der Waals surface area contributed by atoms with E-state index in [2.05, 4.69) is 53.6 Å². The first-order valence-electron chi connectivity index (χ1n) is 8.33. The maximum absolute atomic E-state index is 11.3. The number of rotatable bonds is 4. The van der Waals surface area contributed by atoms with Gasteiger partial charge in [0.05, 0.1) is 5.54 Å². The highest BCUT2D eigenvalue weighted by atomic mass is 16.1. The normalized spacial score (nSPS) is 27.4. The Hall–Kier alpha value is -1.39. The molecule has 0 aromatic heterocycles. The number of carbonyl (C=O) groups is 1. The molecule has 0 bridgehead atoms. The van der Waals surface area contributed by atoms with Crippen LogP contribution in [0.1, 0.15) is 44.7 Å². The van der Waals surface area contributed by atoms with Crippen molar-refractivity contribution < 1.29 is 4.79 Å². The van der Waals surface area contributed by atoms with Gasteiger partial charge in [-0.25, -0.2) is 0 Å². The molecule has 2 atom stereocenters. The number of hydrogen-bond donors (Lipinski definition) is 2. The van der Waals surface area contributed by atoms with Gasteiger partial charge in [-0.15, -0.1) is 0 Å². The lowest BCUT2D eigenvalue weighted by molar-refractivity contribution is -0.120. The van der Waals surface area contributed by atoms with E-state index in [1.54, 1.807) is 6.92 Å². The lowest BCUT2D eigenvalue weighted by Gasteiger charge is -2.36. The van der Waals surface area contributed by atoms with E-state index in [4.69, 9.17) is 0 Å². The Balaban J connectivity index is 1.63. The van der Waals surface area contributed by atoms with Gasteiger partial charge in [-0.3, -0.25) is 9.69 Å². The molecule has 4 heteroatoms. The summed E-state index contributed by atoms with van der Waals surface area (Å²) in [5.74, 6) is 0.0605. The van der Waals surface area contributed by atoms with Gasteiger partial charge in [-0.2, -0.15) is 0 Å². The smallest absolute Gasteiger partial charge is 0.217 e. The molecule has 2 aliphatic rings. The molecule has 2 unspecified atom stereocenters. The van der Waals surface area contributed by atoms with Crippen LogP contribution >= 0.6 is 0 Å². The quantitative estimate of drug-likeness (QED) is 0.894. The van der Waals surface area contributed by atoms with Gasteiger partial charge in [0, 0.05) is 38.6 Å². The molecule has 1 heterocycles. The second kappa shape index (κ2) is 6.01. The van der Waals surface area contributed by atoms with Crippen molar-refractivity contribution >= 4 is 5.91 Å². The number of carbonyl (C=O) groups excluding carboxylic acids is 1. The molecule has 2 N–H and O–H groups in total. The monoisotopic (exact) mass is 301 g/mol. The Morgan fingerprint density at radius 2 is 1.82 bits per heavy atom. The Labute approximate surface area is 133 Å². The molecule has 2 fully saturated rings. The highest BCUT2D eigenvalue weighted by Gasteiger charge is 2.44. The summed E-state index contributed by atoms with van der Waals surface area (Å²) in [6.07, 6.45) is 2.11. The molecule has 0 spiro atoms. The molecule has 4 nitrogen and oxygen atoms in total.